The Kier molecular flexibility index (Phi) is 4.44. The van der Waals surface area contributed by atoms with E-state index in [-0.39, 0.29) is 0 Å². The average molecular weight is 359 g/mol. The van der Waals surface area contributed by atoms with Crippen LogP contribution < -0.4 is 0 Å². The number of hydrogen-bond acceptors (Lipinski definition) is 6. The lowest BCUT2D eigenvalue weighted by molar-refractivity contribution is 0.140. The summed E-state index contributed by atoms with van der Waals surface area (Å²) in [6, 6.07) is 7.01. The molecule has 0 radical (unpaired) electrons. The molecule has 1 aliphatic carbocycles. The van der Waals surface area contributed by atoms with E-state index in [1.807, 2.05) is 12.3 Å². The molecule has 126 valence electrons. The third-order valence-corrected chi connectivity index (χ3v) is 7.29. The summed E-state index contributed by atoms with van der Waals surface area (Å²) in [4.78, 5) is 11.6. The largest absolute Gasteiger partial charge is 0.298 e. The number of nitriles is 1. The first-order chi connectivity index (χ1) is 11.7. The van der Waals surface area contributed by atoms with Crippen LogP contribution in [0.1, 0.15) is 34.0 Å². The van der Waals surface area contributed by atoms with E-state index >= 15 is 0 Å². The predicted molar refractivity (Wildman–Crippen MR) is 98.0 cm³/mol. The maximum absolute atomic E-state index is 8.95. The van der Waals surface area contributed by atoms with Crippen LogP contribution in [-0.4, -0.2) is 41.0 Å². The van der Waals surface area contributed by atoms with Crippen molar-refractivity contribution >= 4 is 22.7 Å². The highest BCUT2D eigenvalue weighted by atomic mass is 32.1. The number of hydrogen-bond donors (Lipinski definition) is 0. The van der Waals surface area contributed by atoms with Gasteiger partial charge in [-0.2, -0.15) is 5.26 Å². The molecule has 6 heteroatoms. The quantitative estimate of drug-likeness (QED) is 0.820. The lowest BCUT2D eigenvalue weighted by Crippen LogP contribution is -2.37. The number of aromatic nitrogens is 1. The van der Waals surface area contributed by atoms with Gasteiger partial charge in [-0.05, 0) is 56.9 Å². The summed E-state index contributed by atoms with van der Waals surface area (Å²) in [5, 5.41) is 12.2. The van der Waals surface area contributed by atoms with Crippen LogP contribution in [0.4, 0.5) is 0 Å². The van der Waals surface area contributed by atoms with Gasteiger partial charge in [-0.25, -0.2) is 4.98 Å². The normalized spacial score (nSPS) is 22.8. The molecule has 1 atom stereocenters. The van der Waals surface area contributed by atoms with Crippen molar-refractivity contribution in [3.8, 4) is 6.07 Å². The smallest absolute Gasteiger partial charge is 0.110 e. The monoisotopic (exact) mass is 358 g/mol. The molecular weight excluding hydrogens is 336 g/mol. The van der Waals surface area contributed by atoms with Crippen LogP contribution in [0, 0.1) is 16.7 Å². The van der Waals surface area contributed by atoms with Crippen molar-refractivity contribution in [2.75, 3.05) is 20.1 Å². The summed E-state index contributed by atoms with van der Waals surface area (Å²) in [5.74, 6) is 0. The van der Waals surface area contributed by atoms with E-state index in [9.17, 15) is 0 Å². The molecule has 2 aromatic rings. The second-order valence-corrected chi connectivity index (χ2v) is 9.22. The molecule has 2 aromatic heterocycles. The molecule has 0 bridgehead atoms. The fraction of sp³-hybridized carbons (Fsp3) is 0.556. The molecule has 0 amide bonds. The minimum absolute atomic E-state index is 0.551. The molecule has 4 nitrogen and oxygen atoms in total. The van der Waals surface area contributed by atoms with Crippen LogP contribution >= 0.6 is 22.7 Å². The fourth-order valence-corrected chi connectivity index (χ4v) is 5.57. The van der Waals surface area contributed by atoms with Crippen molar-refractivity contribution in [1.82, 2.24) is 14.8 Å². The third-order valence-electron chi connectivity index (χ3n) is 5.55. The molecule has 2 aliphatic rings. The van der Waals surface area contributed by atoms with Crippen LogP contribution in [0.25, 0.3) is 0 Å². The van der Waals surface area contributed by atoms with E-state index in [1.54, 1.807) is 22.7 Å². The minimum atomic E-state index is 0.551. The van der Waals surface area contributed by atoms with Crippen molar-refractivity contribution in [3.63, 3.8) is 0 Å². The highest BCUT2D eigenvalue weighted by Gasteiger charge is 2.56. The van der Waals surface area contributed by atoms with Gasteiger partial charge in [0.1, 0.15) is 16.0 Å². The number of thiophene rings is 1. The first-order valence-corrected chi connectivity index (χ1v) is 10.2. The van der Waals surface area contributed by atoms with Gasteiger partial charge in [0.2, 0.25) is 0 Å². The third kappa shape index (κ3) is 3.27. The number of likely N-dealkylation sites (tertiary alicyclic amines) is 1. The highest BCUT2D eigenvalue weighted by molar-refractivity contribution is 7.12. The lowest BCUT2D eigenvalue weighted by Gasteiger charge is -2.33. The Morgan fingerprint density at radius 2 is 2.25 bits per heavy atom. The van der Waals surface area contributed by atoms with E-state index in [4.69, 9.17) is 5.26 Å². The van der Waals surface area contributed by atoms with Crippen molar-refractivity contribution in [2.24, 2.45) is 5.41 Å². The first kappa shape index (κ1) is 16.2. The summed E-state index contributed by atoms with van der Waals surface area (Å²) in [6.45, 7) is 4.35. The Morgan fingerprint density at radius 1 is 1.42 bits per heavy atom. The molecule has 3 heterocycles. The molecule has 24 heavy (non-hydrogen) atoms. The summed E-state index contributed by atoms with van der Waals surface area (Å²) in [6.07, 6.45) is 5.85. The maximum Gasteiger partial charge on any atom is 0.110 e. The van der Waals surface area contributed by atoms with Gasteiger partial charge >= 0.3 is 0 Å². The number of thiazole rings is 1. The van der Waals surface area contributed by atoms with Crippen LogP contribution in [0.3, 0.4) is 0 Å². The Labute approximate surface area is 151 Å². The van der Waals surface area contributed by atoms with Crippen LogP contribution in [0.15, 0.2) is 23.7 Å². The minimum Gasteiger partial charge on any atom is -0.298 e. The number of piperidine rings is 1. The highest BCUT2D eigenvalue weighted by Crippen LogP contribution is 2.56. The standard InChI is InChI=1S/C18H22N4S2/c1-21(13-17-20-6-9-23-17)16-10-18(16)4-7-22(8-5-18)12-15-3-2-14(11-19)24-15/h2-3,6,9,16H,4-5,7-8,10,12-13H2,1H3/t16-/m1/s1. The van der Waals surface area contributed by atoms with Crippen LogP contribution in [0.5, 0.6) is 0 Å². The molecular formula is C18H22N4S2. The molecule has 0 N–H and O–H groups in total. The van der Waals surface area contributed by atoms with Crippen molar-refractivity contribution in [1.29, 1.82) is 5.26 Å². The second-order valence-electron chi connectivity index (χ2n) is 7.08. The topological polar surface area (TPSA) is 43.2 Å². The zero-order valence-electron chi connectivity index (χ0n) is 13.9. The summed E-state index contributed by atoms with van der Waals surface area (Å²) in [5.41, 5.74) is 0.551. The summed E-state index contributed by atoms with van der Waals surface area (Å²) in [7, 11) is 2.25. The van der Waals surface area contributed by atoms with Crippen molar-refractivity contribution in [2.45, 2.75) is 38.4 Å². The molecule has 4 rings (SSSR count). The Balaban J connectivity index is 1.28. The maximum atomic E-state index is 8.95. The van der Waals surface area contributed by atoms with Gasteiger partial charge in [-0.3, -0.25) is 9.80 Å². The van der Waals surface area contributed by atoms with Gasteiger partial charge in [0.15, 0.2) is 0 Å². The SMILES string of the molecule is CN(Cc1nccs1)[C@@H]1CC12CCN(Cc1ccc(C#N)s1)CC2. The average Bonchev–Trinajstić information content (AvgIpc) is 2.97. The van der Waals surface area contributed by atoms with E-state index < -0.39 is 0 Å². The lowest BCUT2D eigenvalue weighted by atomic mass is 9.92. The molecule has 2 fully saturated rings. The van der Waals surface area contributed by atoms with Gasteiger partial charge in [0, 0.05) is 29.0 Å². The second kappa shape index (κ2) is 6.57. The van der Waals surface area contributed by atoms with Crippen molar-refractivity contribution < 1.29 is 0 Å². The Hall–Kier alpha value is -1.26. The Bertz CT molecular complexity index is 723. The molecule has 1 spiro atoms. The van der Waals surface area contributed by atoms with Crippen molar-refractivity contribution in [3.05, 3.63) is 38.5 Å². The number of nitrogens with zero attached hydrogens (tertiary/aromatic N) is 4. The Morgan fingerprint density at radius 3 is 2.92 bits per heavy atom. The number of rotatable bonds is 5. The van der Waals surface area contributed by atoms with Gasteiger partial charge in [-0.15, -0.1) is 22.7 Å². The van der Waals surface area contributed by atoms with Gasteiger partial charge < -0.3 is 0 Å². The van der Waals surface area contributed by atoms with Crippen LogP contribution in [0.2, 0.25) is 0 Å². The summed E-state index contributed by atoms with van der Waals surface area (Å²) >= 11 is 3.39. The first-order valence-electron chi connectivity index (χ1n) is 8.48. The van der Waals surface area contributed by atoms with Gasteiger partial charge in [0.25, 0.3) is 0 Å². The van der Waals surface area contributed by atoms with E-state index in [0.717, 1.165) is 24.0 Å². The zero-order valence-corrected chi connectivity index (χ0v) is 15.6. The molecule has 1 aliphatic heterocycles. The molecule has 1 saturated heterocycles. The van der Waals surface area contributed by atoms with E-state index in [0.29, 0.717) is 5.41 Å². The van der Waals surface area contributed by atoms with E-state index in [1.165, 1.54) is 42.2 Å². The fourth-order valence-electron chi connectivity index (χ4n) is 4.04. The van der Waals surface area contributed by atoms with Gasteiger partial charge in [0.05, 0.1) is 6.54 Å². The van der Waals surface area contributed by atoms with Crippen LogP contribution in [-0.2, 0) is 13.1 Å². The zero-order chi connectivity index (χ0) is 16.6. The molecule has 1 saturated carbocycles. The summed E-state index contributed by atoms with van der Waals surface area (Å²) < 4.78 is 0. The molecule has 0 unspecified atom stereocenters. The molecule has 0 aromatic carbocycles. The predicted octanol–water partition coefficient (Wildman–Crippen LogP) is 3.56. The van der Waals surface area contributed by atoms with Gasteiger partial charge in [-0.1, -0.05) is 0 Å². The van der Waals surface area contributed by atoms with E-state index in [2.05, 4.69) is 39.3 Å².